The summed E-state index contributed by atoms with van der Waals surface area (Å²) in [6.45, 7) is 6.00. The number of hydrogen-bond acceptors (Lipinski definition) is 5. The van der Waals surface area contributed by atoms with Crippen LogP contribution < -0.4 is 10.6 Å². The lowest BCUT2D eigenvalue weighted by molar-refractivity contribution is -0.129. The van der Waals surface area contributed by atoms with Crippen molar-refractivity contribution in [3.63, 3.8) is 0 Å². The Kier molecular flexibility index (Phi) is 6.23. The van der Waals surface area contributed by atoms with Crippen LogP contribution in [0.1, 0.15) is 36.5 Å². The molecule has 0 bridgehead atoms. The molecule has 2 aromatic heterocycles. The van der Waals surface area contributed by atoms with Crippen LogP contribution in [0.2, 0.25) is 0 Å². The van der Waals surface area contributed by atoms with Crippen molar-refractivity contribution < 1.29 is 14.0 Å². The fourth-order valence-corrected chi connectivity index (χ4v) is 3.46. The number of piperidine rings is 1. The van der Waals surface area contributed by atoms with Gasteiger partial charge in [0.25, 0.3) is 5.91 Å². The fourth-order valence-electron chi connectivity index (χ4n) is 3.46. The standard InChI is InChI=1S/C19H25FN6O2/c1-3-16(27)26-8-5-13(9-12(26)2)24-15-11-23-18-17(25-15)14(10-22-18)19(28)21-7-4-6-20/h3,10-13H,1,4-9H2,2H3,(H,21,28)(H,22,23)(H,24,25). The molecule has 0 saturated carbocycles. The number of nitrogens with zero attached hydrogens (tertiary/aromatic N) is 3. The first-order valence-electron chi connectivity index (χ1n) is 9.41. The van der Waals surface area contributed by atoms with Gasteiger partial charge in [-0.2, -0.15) is 0 Å². The molecular weight excluding hydrogens is 363 g/mol. The number of carbonyl (C=O) groups is 2. The number of likely N-dealkylation sites (tertiary alicyclic amines) is 1. The molecule has 2 atom stereocenters. The summed E-state index contributed by atoms with van der Waals surface area (Å²) in [5, 5.41) is 6.03. The van der Waals surface area contributed by atoms with Gasteiger partial charge in [0.2, 0.25) is 5.91 Å². The van der Waals surface area contributed by atoms with Crippen LogP contribution >= 0.6 is 0 Å². The number of amides is 2. The maximum absolute atomic E-state index is 12.3. The summed E-state index contributed by atoms with van der Waals surface area (Å²) >= 11 is 0. The van der Waals surface area contributed by atoms with Gasteiger partial charge in [0.15, 0.2) is 5.65 Å². The van der Waals surface area contributed by atoms with E-state index in [0.29, 0.717) is 29.1 Å². The molecule has 0 aromatic carbocycles. The Morgan fingerprint density at radius 3 is 3.04 bits per heavy atom. The van der Waals surface area contributed by atoms with Crippen molar-refractivity contribution in [2.45, 2.75) is 38.3 Å². The average Bonchev–Trinajstić information content (AvgIpc) is 3.11. The maximum atomic E-state index is 12.3. The highest BCUT2D eigenvalue weighted by molar-refractivity contribution is 6.04. The molecule has 0 radical (unpaired) electrons. The molecule has 150 valence electrons. The average molecular weight is 388 g/mol. The van der Waals surface area contributed by atoms with Crippen LogP contribution in [0.15, 0.2) is 25.0 Å². The minimum absolute atomic E-state index is 0.0529. The second-order valence-corrected chi connectivity index (χ2v) is 6.90. The van der Waals surface area contributed by atoms with Crippen LogP contribution in [0, 0.1) is 0 Å². The molecule has 2 amide bonds. The first-order valence-corrected chi connectivity index (χ1v) is 9.41. The number of carbonyl (C=O) groups excluding carboxylic acids is 2. The number of rotatable bonds is 7. The van der Waals surface area contributed by atoms with Gasteiger partial charge in [0.1, 0.15) is 11.3 Å². The van der Waals surface area contributed by atoms with Crippen molar-refractivity contribution >= 4 is 28.8 Å². The number of anilines is 1. The molecule has 9 heteroatoms. The summed E-state index contributed by atoms with van der Waals surface area (Å²) < 4.78 is 12.2. The van der Waals surface area contributed by atoms with Gasteiger partial charge in [-0.25, -0.2) is 9.97 Å². The zero-order chi connectivity index (χ0) is 20.1. The number of fused-ring (bicyclic) bond motifs is 1. The second kappa shape index (κ2) is 8.81. The number of alkyl halides is 1. The lowest BCUT2D eigenvalue weighted by atomic mass is 9.98. The summed E-state index contributed by atoms with van der Waals surface area (Å²) in [5.41, 5.74) is 1.36. The SMILES string of the molecule is C=CC(=O)N1CCC(Nc2cnc3[nH]cc(C(=O)NCCCF)c3n2)CC1C. The van der Waals surface area contributed by atoms with E-state index in [-0.39, 0.29) is 36.9 Å². The number of nitrogens with one attached hydrogen (secondary N) is 3. The highest BCUT2D eigenvalue weighted by Crippen LogP contribution is 2.22. The van der Waals surface area contributed by atoms with Crippen LogP contribution in [0.3, 0.4) is 0 Å². The molecular formula is C19H25FN6O2. The van der Waals surface area contributed by atoms with Gasteiger partial charge in [-0.15, -0.1) is 0 Å². The molecule has 2 unspecified atom stereocenters. The molecule has 1 saturated heterocycles. The molecule has 0 spiro atoms. The van der Waals surface area contributed by atoms with Gasteiger partial charge >= 0.3 is 0 Å². The van der Waals surface area contributed by atoms with E-state index in [4.69, 9.17) is 0 Å². The Bertz CT molecular complexity index is 867. The highest BCUT2D eigenvalue weighted by Gasteiger charge is 2.27. The zero-order valence-electron chi connectivity index (χ0n) is 15.9. The molecule has 3 N–H and O–H groups in total. The Labute approximate surface area is 162 Å². The molecule has 1 fully saturated rings. The Morgan fingerprint density at radius 1 is 1.50 bits per heavy atom. The van der Waals surface area contributed by atoms with Crippen molar-refractivity contribution in [2.75, 3.05) is 25.1 Å². The summed E-state index contributed by atoms with van der Waals surface area (Å²) in [4.78, 5) is 37.7. The quantitative estimate of drug-likeness (QED) is 0.497. The van der Waals surface area contributed by atoms with E-state index in [1.54, 1.807) is 12.4 Å². The molecule has 8 nitrogen and oxygen atoms in total. The number of hydrogen-bond donors (Lipinski definition) is 3. The van der Waals surface area contributed by atoms with E-state index in [1.807, 2.05) is 11.8 Å². The Morgan fingerprint density at radius 2 is 2.32 bits per heavy atom. The van der Waals surface area contributed by atoms with Gasteiger partial charge in [-0.1, -0.05) is 6.58 Å². The van der Waals surface area contributed by atoms with E-state index in [2.05, 4.69) is 32.2 Å². The molecule has 3 heterocycles. The van der Waals surface area contributed by atoms with Gasteiger partial charge in [-0.05, 0) is 32.3 Å². The first kappa shape index (κ1) is 19.8. The minimum atomic E-state index is -0.475. The van der Waals surface area contributed by atoms with E-state index in [9.17, 15) is 14.0 Å². The van der Waals surface area contributed by atoms with Gasteiger partial charge in [0, 0.05) is 31.4 Å². The van der Waals surface area contributed by atoms with Crippen LogP contribution in [0.4, 0.5) is 10.2 Å². The Balaban J connectivity index is 1.69. The van der Waals surface area contributed by atoms with Gasteiger partial charge in [0.05, 0.1) is 18.4 Å². The lowest BCUT2D eigenvalue weighted by Crippen LogP contribution is -2.47. The highest BCUT2D eigenvalue weighted by atomic mass is 19.1. The molecule has 0 aliphatic carbocycles. The van der Waals surface area contributed by atoms with Gasteiger partial charge in [-0.3, -0.25) is 14.0 Å². The Hall–Kier alpha value is -2.97. The molecule has 3 rings (SSSR count). The van der Waals surface area contributed by atoms with Crippen LogP contribution in [0.25, 0.3) is 11.2 Å². The molecule has 1 aliphatic heterocycles. The number of halogens is 1. The minimum Gasteiger partial charge on any atom is -0.366 e. The van der Waals surface area contributed by atoms with Crippen molar-refractivity contribution in [1.82, 2.24) is 25.2 Å². The normalized spacial score (nSPS) is 19.4. The zero-order valence-corrected chi connectivity index (χ0v) is 15.9. The molecule has 28 heavy (non-hydrogen) atoms. The molecule has 1 aliphatic rings. The van der Waals surface area contributed by atoms with Crippen LogP contribution in [-0.4, -0.2) is 63.5 Å². The lowest BCUT2D eigenvalue weighted by Gasteiger charge is -2.37. The monoisotopic (exact) mass is 388 g/mol. The number of H-pyrrole nitrogens is 1. The summed E-state index contributed by atoms with van der Waals surface area (Å²) in [6, 6.07) is 0.244. The third kappa shape index (κ3) is 4.29. The van der Waals surface area contributed by atoms with Crippen LogP contribution in [-0.2, 0) is 4.79 Å². The second-order valence-electron chi connectivity index (χ2n) is 6.90. The largest absolute Gasteiger partial charge is 0.366 e. The van der Waals surface area contributed by atoms with Crippen LogP contribution in [0.5, 0.6) is 0 Å². The smallest absolute Gasteiger partial charge is 0.255 e. The third-order valence-electron chi connectivity index (χ3n) is 4.91. The first-order chi connectivity index (χ1) is 13.5. The van der Waals surface area contributed by atoms with E-state index < -0.39 is 6.67 Å². The predicted molar refractivity (Wildman–Crippen MR) is 105 cm³/mol. The van der Waals surface area contributed by atoms with Crippen molar-refractivity contribution in [2.24, 2.45) is 0 Å². The third-order valence-corrected chi connectivity index (χ3v) is 4.91. The van der Waals surface area contributed by atoms with Crippen molar-refractivity contribution in [3.8, 4) is 0 Å². The predicted octanol–water partition coefficient (Wildman–Crippen LogP) is 2.02. The van der Waals surface area contributed by atoms with E-state index >= 15 is 0 Å². The topological polar surface area (TPSA) is 103 Å². The maximum Gasteiger partial charge on any atom is 0.255 e. The van der Waals surface area contributed by atoms with E-state index in [0.717, 1.165) is 12.8 Å². The van der Waals surface area contributed by atoms with E-state index in [1.165, 1.54) is 6.08 Å². The molecule has 2 aromatic rings. The number of aromatic nitrogens is 3. The van der Waals surface area contributed by atoms with Crippen molar-refractivity contribution in [3.05, 3.63) is 30.6 Å². The number of aromatic amines is 1. The van der Waals surface area contributed by atoms with Crippen molar-refractivity contribution in [1.29, 1.82) is 0 Å². The summed E-state index contributed by atoms with van der Waals surface area (Å²) in [6.07, 6.45) is 6.36. The summed E-state index contributed by atoms with van der Waals surface area (Å²) in [5.74, 6) is 0.213. The van der Waals surface area contributed by atoms with Gasteiger partial charge < -0.3 is 20.5 Å². The fraction of sp³-hybridized carbons (Fsp3) is 0.474. The summed E-state index contributed by atoms with van der Waals surface area (Å²) in [7, 11) is 0.